The number of hydrogen-bond donors (Lipinski definition) is 3. The largest absolute Gasteiger partial charge is 0.480 e. The van der Waals surface area contributed by atoms with Crippen LogP contribution in [0.25, 0.3) is 0 Å². The van der Waals surface area contributed by atoms with Crippen molar-refractivity contribution in [2.45, 2.75) is 52.2 Å². The molecule has 1 aliphatic heterocycles. The van der Waals surface area contributed by atoms with Gasteiger partial charge < -0.3 is 15.9 Å². The van der Waals surface area contributed by atoms with Crippen molar-refractivity contribution < 1.29 is 19.8 Å². The number of carboxylic acids is 1. The molecule has 1 rings (SSSR count). The molecule has 0 radical (unpaired) electrons. The molecule has 6 heteroatoms. The van der Waals surface area contributed by atoms with E-state index in [1.165, 1.54) is 6.92 Å². The summed E-state index contributed by atoms with van der Waals surface area (Å²) in [7, 11) is 0. The third-order valence-corrected chi connectivity index (χ3v) is 3.25. The molecule has 0 spiro atoms. The molecule has 0 aliphatic carbocycles. The predicted molar refractivity (Wildman–Crippen MR) is 81.7 cm³/mol. The third kappa shape index (κ3) is 8.47. The normalized spacial score (nSPS) is 23.6. The van der Waals surface area contributed by atoms with Crippen molar-refractivity contribution in [3.8, 4) is 0 Å². The summed E-state index contributed by atoms with van der Waals surface area (Å²) in [6.45, 7) is 6.48. The molecule has 0 saturated carbocycles. The Morgan fingerprint density at radius 2 is 2.05 bits per heavy atom. The summed E-state index contributed by atoms with van der Waals surface area (Å²) in [6.07, 6.45) is 5.92. The third-order valence-electron chi connectivity index (χ3n) is 3.25. The van der Waals surface area contributed by atoms with Crippen molar-refractivity contribution in [3.63, 3.8) is 0 Å². The second-order valence-corrected chi connectivity index (χ2v) is 5.38. The molecule has 1 aliphatic rings. The number of aliphatic hydroxyl groups is 1. The molecule has 0 bridgehead atoms. The number of carbonyl (C=O) groups excluding carboxylic acids is 1. The number of β-amino-alcohol motifs (C(OH)–C–C–N with tert-alkyl or cyclic N) is 1. The summed E-state index contributed by atoms with van der Waals surface area (Å²) in [5.41, 5.74) is 4.47. The van der Waals surface area contributed by atoms with Crippen LogP contribution in [0.4, 0.5) is 0 Å². The maximum Gasteiger partial charge on any atom is 0.320 e. The number of aliphatic carboxylic acids is 1. The Balaban J connectivity index is 0.000000885. The summed E-state index contributed by atoms with van der Waals surface area (Å²) < 4.78 is 0. The fourth-order valence-corrected chi connectivity index (χ4v) is 2.50. The number of nitrogens with zero attached hydrogens (tertiary/aromatic N) is 1. The van der Waals surface area contributed by atoms with Gasteiger partial charge in [-0.25, -0.2) is 0 Å². The zero-order valence-corrected chi connectivity index (χ0v) is 13.2. The zero-order valence-electron chi connectivity index (χ0n) is 13.2. The first-order valence-corrected chi connectivity index (χ1v) is 7.35. The lowest BCUT2D eigenvalue weighted by molar-refractivity contribution is -0.142. The van der Waals surface area contributed by atoms with Gasteiger partial charge in [0, 0.05) is 20.0 Å². The molecule has 6 nitrogen and oxygen atoms in total. The molecule has 0 aromatic heterocycles. The van der Waals surface area contributed by atoms with Gasteiger partial charge in [-0.05, 0) is 25.7 Å². The van der Waals surface area contributed by atoms with E-state index in [9.17, 15) is 14.7 Å². The number of primary amides is 1. The Morgan fingerprint density at radius 1 is 1.48 bits per heavy atom. The van der Waals surface area contributed by atoms with Crippen LogP contribution < -0.4 is 5.73 Å². The highest BCUT2D eigenvalue weighted by Crippen LogP contribution is 2.25. The molecular formula is C15H28N2O4. The summed E-state index contributed by atoms with van der Waals surface area (Å²) in [5.74, 6) is -0.810. The van der Waals surface area contributed by atoms with Crippen molar-refractivity contribution in [1.29, 1.82) is 0 Å². The number of allylic oxidation sites excluding steroid dienone is 1. The fraction of sp³-hybridized carbons (Fsp3) is 0.733. The van der Waals surface area contributed by atoms with Gasteiger partial charge >= 0.3 is 5.97 Å². The lowest BCUT2D eigenvalue weighted by Gasteiger charge is -2.23. The van der Waals surface area contributed by atoms with Crippen LogP contribution in [0, 0.1) is 5.92 Å². The topological polar surface area (TPSA) is 104 Å². The highest BCUT2D eigenvalue weighted by molar-refractivity contribution is 5.74. The van der Waals surface area contributed by atoms with Crippen LogP contribution in [-0.2, 0) is 9.59 Å². The van der Waals surface area contributed by atoms with E-state index in [4.69, 9.17) is 5.11 Å². The molecular weight excluding hydrogens is 272 g/mol. The molecule has 4 N–H and O–H groups in total. The number of aliphatic hydroxyl groups excluding tert-OH is 1. The predicted octanol–water partition coefficient (Wildman–Crippen LogP) is 0.990. The Hall–Kier alpha value is -1.40. The SMILES string of the molecule is CC(N)=O.CC=C[C@@H]1C[C@H](C(=O)O)N(CC(O)CCC)C1. The minimum Gasteiger partial charge on any atom is -0.480 e. The van der Waals surface area contributed by atoms with Gasteiger partial charge in [-0.15, -0.1) is 0 Å². The number of likely N-dealkylation sites (tertiary alicyclic amines) is 1. The van der Waals surface area contributed by atoms with E-state index in [2.05, 4.69) is 11.8 Å². The van der Waals surface area contributed by atoms with Crippen LogP contribution in [0.3, 0.4) is 0 Å². The smallest absolute Gasteiger partial charge is 0.320 e. The first kappa shape index (κ1) is 19.6. The second kappa shape index (κ2) is 10.3. The fourth-order valence-electron chi connectivity index (χ4n) is 2.50. The molecule has 3 atom stereocenters. The number of amides is 1. The van der Waals surface area contributed by atoms with E-state index < -0.39 is 18.1 Å². The van der Waals surface area contributed by atoms with E-state index >= 15 is 0 Å². The maximum absolute atomic E-state index is 11.2. The number of rotatable bonds is 6. The Morgan fingerprint density at radius 3 is 2.48 bits per heavy atom. The summed E-state index contributed by atoms with van der Waals surface area (Å²) >= 11 is 0. The molecule has 1 saturated heterocycles. The van der Waals surface area contributed by atoms with Gasteiger partial charge in [0.05, 0.1) is 6.10 Å². The Kier molecular flexibility index (Phi) is 9.65. The molecule has 122 valence electrons. The monoisotopic (exact) mass is 300 g/mol. The summed E-state index contributed by atoms with van der Waals surface area (Å²) in [4.78, 5) is 22.3. The van der Waals surface area contributed by atoms with Gasteiger partial charge in [0.2, 0.25) is 5.91 Å². The minimum absolute atomic E-state index is 0.301. The standard InChI is InChI=1S/C13H23NO3.C2H5NO/c1-3-5-10-7-12(13(16)17)14(8-10)9-11(15)6-4-2;1-2(3)4/h3,5,10-12,15H,4,6-9H2,1-2H3,(H,16,17);1H3,(H2,3,4)/t10-,11?,12-;/m1./s1. The van der Waals surface area contributed by atoms with Crippen LogP contribution in [0.5, 0.6) is 0 Å². The summed E-state index contributed by atoms with van der Waals surface area (Å²) in [5, 5.41) is 18.9. The van der Waals surface area contributed by atoms with Crippen molar-refractivity contribution in [2.75, 3.05) is 13.1 Å². The number of carbonyl (C=O) groups is 2. The van der Waals surface area contributed by atoms with Crippen molar-refractivity contribution in [1.82, 2.24) is 4.90 Å². The van der Waals surface area contributed by atoms with Gasteiger partial charge in [0.15, 0.2) is 0 Å². The van der Waals surface area contributed by atoms with Crippen molar-refractivity contribution in [3.05, 3.63) is 12.2 Å². The molecule has 21 heavy (non-hydrogen) atoms. The number of hydrogen-bond acceptors (Lipinski definition) is 4. The van der Waals surface area contributed by atoms with E-state index in [1.54, 1.807) is 0 Å². The molecule has 1 heterocycles. The van der Waals surface area contributed by atoms with E-state index in [0.717, 1.165) is 19.4 Å². The van der Waals surface area contributed by atoms with Crippen LogP contribution >= 0.6 is 0 Å². The van der Waals surface area contributed by atoms with Crippen molar-refractivity contribution in [2.24, 2.45) is 11.7 Å². The lowest BCUT2D eigenvalue weighted by atomic mass is 10.1. The highest BCUT2D eigenvalue weighted by Gasteiger charge is 2.36. The first-order valence-electron chi connectivity index (χ1n) is 7.35. The van der Waals surface area contributed by atoms with Gasteiger partial charge in [-0.2, -0.15) is 0 Å². The maximum atomic E-state index is 11.2. The average molecular weight is 300 g/mol. The zero-order chi connectivity index (χ0) is 16.4. The number of carboxylic acid groups (broad SMARTS) is 1. The van der Waals surface area contributed by atoms with Crippen LogP contribution in [0.15, 0.2) is 12.2 Å². The van der Waals surface area contributed by atoms with Gasteiger partial charge in [0.1, 0.15) is 6.04 Å². The average Bonchev–Trinajstić information content (AvgIpc) is 2.72. The molecule has 1 amide bonds. The van der Waals surface area contributed by atoms with Crippen LogP contribution in [0.2, 0.25) is 0 Å². The molecule has 1 unspecified atom stereocenters. The van der Waals surface area contributed by atoms with E-state index in [-0.39, 0.29) is 5.91 Å². The Labute approximate surface area is 126 Å². The molecule has 0 aromatic carbocycles. The summed E-state index contributed by atoms with van der Waals surface area (Å²) in [6, 6.07) is -0.442. The second-order valence-electron chi connectivity index (χ2n) is 5.38. The van der Waals surface area contributed by atoms with Gasteiger partial charge in [-0.1, -0.05) is 25.5 Å². The van der Waals surface area contributed by atoms with Crippen LogP contribution in [0.1, 0.15) is 40.0 Å². The molecule has 0 aromatic rings. The Bertz CT molecular complexity index is 354. The first-order chi connectivity index (χ1) is 9.81. The van der Waals surface area contributed by atoms with Crippen molar-refractivity contribution >= 4 is 11.9 Å². The number of nitrogens with two attached hydrogens (primary N) is 1. The van der Waals surface area contributed by atoms with E-state index in [1.807, 2.05) is 24.8 Å². The van der Waals surface area contributed by atoms with Crippen LogP contribution in [-0.4, -0.2) is 52.2 Å². The highest BCUT2D eigenvalue weighted by atomic mass is 16.4. The lowest BCUT2D eigenvalue weighted by Crippen LogP contribution is -2.40. The van der Waals surface area contributed by atoms with E-state index in [0.29, 0.717) is 18.9 Å². The quantitative estimate of drug-likeness (QED) is 0.635. The minimum atomic E-state index is -0.777. The molecule has 1 fully saturated rings. The van der Waals surface area contributed by atoms with Gasteiger partial charge in [-0.3, -0.25) is 14.5 Å². The van der Waals surface area contributed by atoms with Gasteiger partial charge in [0.25, 0.3) is 0 Å².